The minimum Gasteiger partial charge on any atom is -0.321 e. The molecule has 1 aliphatic rings. The van der Waals surface area contributed by atoms with Crippen molar-refractivity contribution < 1.29 is 14.4 Å². The fourth-order valence-electron chi connectivity index (χ4n) is 3.22. The third-order valence-corrected chi connectivity index (χ3v) is 5.04. The molecule has 1 N–H and O–H groups in total. The fourth-order valence-corrected chi connectivity index (χ4v) is 3.61. The van der Waals surface area contributed by atoms with E-state index < -0.39 is 17.8 Å². The average molecular weight is 450 g/mol. The summed E-state index contributed by atoms with van der Waals surface area (Å²) in [4.78, 5) is 38.6. The molecule has 1 fully saturated rings. The number of hydrogen-bond acceptors (Lipinski definition) is 3. The van der Waals surface area contributed by atoms with Crippen LogP contribution in [-0.2, 0) is 9.59 Å². The molecular weight excluding hydrogens is 434 g/mol. The Labute approximate surface area is 175 Å². The summed E-state index contributed by atoms with van der Waals surface area (Å²) in [6.07, 6.45) is 3.35. The first kappa shape index (κ1) is 18.9. The predicted octanol–water partition coefficient (Wildman–Crippen LogP) is 4.21. The van der Waals surface area contributed by atoms with Crippen LogP contribution in [0, 0.1) is 6.92 Å². The van der Waals surface area contributed by atoms with Gasteiger partial charge in [-0.2, -0.15) is 0 Å². The summed E-state index contributed by atoms with van der Waals surface area (Å²) in [5.74, 6) is -1.38. The molecule has 0 aliphatic carbocycles. The van der Waals surface area contributed by atoms with Crippen molar-refractivity contribution >= 4 is 45.5 Å². The molecule has 1 saturated heterocycles. The van der Waals surface area contributed by atoms with Crippen molar-refractivity contribution in [2.75, 3.05) is 4.90 Å². The first-order valence-electron chi connectivity index (χ1n) is 8.85. The third kappa shape index (κ3) is 3.64. The number of carbonyl (C=O) groups is 3. The molecule has 1 aliphatic heterocycles. The zero-order valence-corrected chi connectivity index (χ0v) is 17.0. The average Bonchev–Trinajstić information content (AvgIpc) is 3.06. The van der Waals surface area contributed by atoms with E-state index >= 15 is 0 Å². The Morgan fingerprint density at radius 3 is 2.38 bits per heavy atom. The third-order valence-electron chi connectivity index (χ3n) is 4.55. The van der Waals surface area contributed by atoms with Gasteiger partial charge in [0.05, 0.1) is 5.69 Å². The van der Waals surface area contributed by atoms with Crippen LogP contribution in [0.25, 0.3) is 11.8 Å². The summed E-state index contributed by atoms with van der Waals surface area (Å²) < 4.78 is 2.68. The highest BCUT2D eigenvalue weighted by atomic mass is 79.9. The van der Waals surface area contributed by atoms with Crippen LogP contribution in [0.2, 0.25) is 0 Å². The number of para-hydroxylation sites is 1. The molecule has 144 valence electrons. The molecule has 2 heterocycles. The number of aryl methyl sites for hydroxylation is 1. The van der Waals surface area contributed by atoms with Gasteiger partial charge in [0.15, 0.2) is 0 Å². The smallest absolute Gasteiger partial charge is 0.321 e. The van der Waals surface area contributed by atoms with Crippen LogP contribution in [0.5, 0.6) is 0 Å². The van der Waals surface area contributed by atoms with Crippen molar-refractivity contribution in [3.8, 4) is 5.69 Å². The van der Waals surface area contributed by atoms with Gasteiger partial charge in [0.2, 0.25) is 0 Å². The van der Waals surface area contributed by atoms with Crippen LogP contribution in [0.1, 0.15) is 11.3 Å². The van der Waals surface area contributed by atoms with E-state index in [0.29, 0.717) is 15.7 Å². The molecule has 29 heavy (non-hydrogen) atoms. The van der Waals surface area contributed by atoms with E-state index in [1.165, 1.54) is 6.08 Å². The second-order valence-corrected chi connectivity index (χ2v) is 7.47. The molecule has 0 radical (unpaired) electrons. The molecule has 2 aromatic carbocycles. The van der Waals surface area contributed by atoms with Gasteiger partial charge in [-0.25, -0.2) is 9.69 Å². The number of carbonyl (C=O) groups excluding carboxylic acids is 3. The van der Waals surface area contributed by atoms with Crippen LogP contribution < -0.4 is 10.2 Å². The number of hydrogen-bond donors (Lipinski definition) is 1. The van der Waals surface area contributed by atoms with Gasteiger partial charge in [-0.05, 0) is 55.0 Å². The lowest BCUT2D eigenvalue weighted by Crippen LogP contribution is -2.54. The predicted molar refractivity (Wildman–Crippen MR) is 114 cm³/mol. The van der Waals surface area contributed by atoms with Crippen molar-refractivity contribution in [1.29, 1.82) is 0 Å². The minimum absolute atomic E-state index is 0.102. The van der Waals surface area contributed by atoms with Crippen LogP contribution >= 0.6 is 15.9 Å². The molecule has 3 aromatic rings. The van der Waals surface area contributed by atoms with Crippen molar-refractivity contribution in [3.63, 3.8) is 0 Å². The number of amides is 4. The number of halogens is 1. The molecule has 6 nitrogen and oxygen atoms in total. The van der Waals surface area contributed by atoms with Crippen molar-refractivity contribution in [2.24, 2.45) is 0 Å². The summed E-state index contributed by atoms with van der Waals surface area (Å²) in [5, 5.41) is 2.24. The van der Waals surface area contributed by atoms with E-state index in [-0.39, 0.29) is 5.57 Å². The largest absolute Gasteiger partial charge is 0.335 e. The lowest BCUT2D eigenvalue weighted by Gasteiger charge is -2.26. The topological polar surface area (TPSA) is 71.4 Å². The number of nitrogens with one attached hydrogen (secondary N) is 1. The number of rotatable bonds is 3. The molecule has 4 amide bonds. The van der Waals surface area contributed by atoms with E-state index in [9.17, 15) is 14.4 Å². The van der Waals surface area contributed by atoms with Crippen LogP contribution in [0.15, 0.2) is 76.9 Å². The van der Waals surface area contributed by atoms with Gasteiger partial charge in [-0.1, -0.05) is 40.2 Å². The normalized spacial score (nSPS) is 15.7. The van der Waals surface area contributed by atoms with Crippen LogP contribution in [-0.4, -0.2) is 22.4 Å². The number of nitrogens with zero attached hydrogens (tertiary/aromatic N) is 2. The Balaban J connectivity index is 1.72. The summed E-state index contributed by atoms with van der Waals surface area (Å²) in [7, 11) is 0. The van der Waals surface area contributed by atoms with Gasteiger partial charge in [0.25, 0.3) is 11.8 Å². The fraction of sp³-hybridized carbons (Fsp3) is 0.0455. The first-order valence-corrected chi connectivity index (χ1v) is 9.65. The van der Waals surface area contributed by atoms with Gasteiger partial charge in [-0.15, -0.1) is 0 Å². The Kier molecular flexibility index (Phi) is 4.90. The van der Waals surface area contributed by atoms with E-state index in [1.807, 2.05) is 54.1 Å². The lowest BCUT2D eigenvalue weighted by molar-refractivity contribution is -0.122. The minimum atomic E-state index is -0.770. The van der Waals surface area contributed by atoms with E-state index in [1.54, 1.807) is 24.3 Å². The summed E-state index contributed by atoms with van der Waals surface area (Å²) >= 11 is 3.33. The molecule has 7 heteroatoms. The number of benzene rings is 2. The maximum Gasteiger partial charge on any atom is 0.335 e. The Morgan fingerprint density at radius 1 is 0.931 bits per heavy atom. The van der Waals surface area contributed by atoms with Crippen LogP contribution in [0.4, 0.5) is 10.5 Å². The zero-order valence-electron chi connectivity index (χ0n) is 15.4. The lowest BCUT2D eigenvalue weighted by atomic mass is 10.1. The highest BCUT2D eigenvalue weighted by Crippen LogP contribution is 2.25. The quantitative estimate of drug-likeness (QED) is 0.480. The SMILES string of the molecule is Cc1cc(/C=C2/C(=O)NC(=O)N(c3cccc(Br)c3)C2=O)cn1-c1ccccc1. The highest BCUT2D eigenvalue weighted by molar-refractivity contribution is 9.10. The molecule has 0 spiro atoms. The number of anilines is 1. The van der Waals surface area contributed by atoms with Gasteiger partial charge < -0.3 is 4.57 Å². The van der Waals surface area contributed by atoms with Crippen molar-refractivity contribution in [3.05, 3.63) is 88.2 Å². The maximum atomic E-state index is 13.0. The number of imide groups is 2. The van der Waals surface area contributed by atoms with E-state index in [0.717, 1.165) is 16.3 Å². The Hall–Kier alpha value is -3.45. The van der Waals surface area contributed by atoms with Crippen LogP contribution in [0.3, 0.4) is 0 Å². The summed E-state index contributed by atoms with van der Waals surface area (Å²) in [5.41, 5.74) is 2.88. The summed E-state index contributed by atoms with van der Waals surface area (Å²) in [6.45, 7) is 1.94. The van der Waals surface area contributed by atoms with E-state index in [4.69, 9.17) is 0 Å². The molecule has 0 bridgehead atoms. The number of barbiturate groups is 1. The van der Waals surface area contributed by atoms with Gasteiger partial charge >= 0.3 is 6.03 Å². The van der Waals surface area contributed by atoms with Gasteiger partial charge in [0.1, 0.15) is 5.57 Å². The monoisotopic (exact) mass is 449 g/mol. The van der Waals surface area contributed by atoms with Gasteiger partial charge in [0, 0.05) is 22.1 Å². The molecule has 0 atom stereocenters. The number of aromatic nitrogens is 1. The van der Waals surface area contributed by atoms with Crippen molar-refractivity contribution in [2.45, 2.75) is 6.92 Å². The Bertz CT molecular complexity index is 1170. The zero-order chi connectivity index (χ0) is 20.5. The van der Waals surface area contributed by atoms with Crippen molar-refractivity contribution in [1.82, 2.24) is 9.88 Å². The first-order chi connectivity index (χ1) is 13.9. The second kappa shape index (κ2) is 7.52. The standard InChI is InChI=1S/C22H16BrN3O3/c1-14-10-15(13-25(14)17-7-3-2-4-8-17)11-19-20(27)24-22(29)26(21(19)28)18-9-5-6-16(23)12-18/h2-13H,1H3,(H,24,27,29)/b19-11-. The Morgan fingerprint density at radius 2 is 1.66 bits per heavy atom. The highest BCUT2D eigenvalue weighted by Gasteiger charge is 2.36. The molecule has 0 saturated carbocycles. The molecular formula is C22H16BrN3O3. The van der Waals surface area contributed by atoms with E-state index in [2.05, 4.69) is 21.2 Å². The summed E-state index contributed by atoms with van der Waals surface area (Å²) in [6, 6.07) is 17.6. The number of urea groups is 1. The molecule has 4 rings (SSSR count). The maximum absolute atomic E-state index is 13.0. The molecule has 0 unspecified atom stereocenters. The van der Waals surface area contributed by atoms with Gasteiger partial charge in [-0.3, -0.25) is 14.9 Å². The second-order valence-electron chi connectivity index (χ2n) is 6.56. The molecule has 1 aromatic heterocycles.